The molecular weight excluding hydrogens is 238 g/mol. The van der Waals surface area contributed by atoms with E-state index in [1.54, 1.807) is 6.92 Å². The summed E-state index contributed by atoms with van der Waals surface area (Å²) in [5.41, 5.74) is 0.987. The van der Waals surface area contributed by atoms with Gasteiger partial charge >= 0.3 is 5.97 Å². The van der Waals surface area contributed by atoms with Gasteiger partial charge in [-0.3, -0.25) is 5.32 Å². The average molecular weight is 261 g/mol. The van der Waals surface area contributed by atoms with E-state index in [0.29, 0.717) is 6.04 Å². The number of benzene rings is 1. The number of hydrogen-bond donors (Lipinski definition) is 2. The van der Waals surface area contributed by atoms with Crippen LogP contribution in [0.25, 0.3) is 0 Å². The molecule has 2 rings (SSSR count). The zero-order valence-electron chi connectivity index (χ0n) is 11.8. The normalized spacial score (nSPS) is 19.9. The van der Waals surface area contributed by atoms with E-state index in [9.17, 15) is 9.90 Å². The van der Waals surface area contributed by atoms with E-state index in [2.05, 4.69) is 5.32 Å². The zero-order chi connectivity index (χ0) is 13.9. The van der Waals surface area contributed by atoms with Crippen LogP contribution in [-0.2, 0) is 10.3 Å². The highest BCUT2D eigenvalue weighted by molar-refractivity contribution is 5.80. The molecule has 3 nitrogen and oxygen atoms in total. The van der Waals surface area contributed by atoms with E-state index in [1.165, 1.54) is 19.3 Å². The maximum absolute atomic E-state index is 11.7. The van der Waals surface area contributed by atoms with Gasteiger partial charge in [0.25, 0.3) is 0 Å². The largest absolute Gasteiger partial charge is 0.480 e. The lowest BCUT2D eigenvalue weighted by atomic mass is 9.87. The molecule has 104 valence electrons. The Morgan fingerprint density at radius 2 is 1.79 bits per heavy atom. The molecule has 1 atom stereocenters. The molecular formula is C16H23NO2. The van der Waals surface area contributed by atoms with Crippen LogP contribution in [0.15, 0.2) is 24.3 Å². The molecule has 1 aromatic rings. The van der Waals surface area contributed by atoms with Gasteiger partial charge < -0.3 is 5.11 Å². The molecule has 0 radical (unpaired) electrons. The summed E-state index contributed by atoms with van der Waals surface area (Å²) in [5.74, 6) is -0.804. The van der Waals surface area contributed by atoms with Gasteiger partial charge in [-0.25, -0.2) is 4.79 Å². The van der Waals surface area contributed by atoms with Crippen LogP contribution in [0.2, 0.25) is 0 Å². The standard InChI is InChI=1S/C16H23NO2/c1-12-8-10-13(11-9-12)16(2,15(18)19)17-14-6-4-3-5-7-14/h8-11,14,17H,3-7H2,1-2H3,(H,18,19). The van der Waals surface area contributed by atoms with Crippen LogP contribution in [0.5, 0.6) is 0 Å². The Kier molecular flexibility index (Phi) is 4.25. The van der Waals surface area contributed by atoms with Crippen molar-refractivity contribution in [3.05, 3.63) is 35.4 Å². The molecule has 0 amide bonds. The summed E-state index contributed by atoms with van der Waals surface area (Å²) in [6.45, 7) is 3.78. The highest BCUT2D eigenvalue weighted by atomic mass is 16.4. The van der Waals surface area contributed by atoms with E-state index >= 15 is 0 Å². The first-order chi connectivity index (χ1) is 9.02. The summed E-state index contributed by atoms with van der Waals surface area (Å²) in [4.78, 5) is 11.7. The number of carboxylic acid groups (broad SMARTS) is 1. The van der Waals surface area contributed by atoms with Gasteiger partial charge in [0, 0.05) is 6.04 Å². The van der Waals surface area contributed by atoms with Gasteiger partial charge in [0.1, 0.15) is 5.54 Å². The third kappa shape index (κ3) is 3.16. The average Bonchev–Trinajstić information content (AvgIpc) is 2.40. The maximum atomic E-state index is 11.7. The molecule has 0 heterocycles. The molecule has 2 N–H and O–H groups in total. The van der Waals surface area contributed by atoms with Gasteiger partial charge in [0.05, 0.1) is 0 Å². The van der Waals surface area contributed by atoms with Crippen molar-refractivity contribution in [3.63, 3.8) is 0 Å². The summed E-state index contributed by atoms with van der Waals surface area (Å²) in [6, 6.07) is 8.09. The van der Waals surface area contributed by atoms with Crippen molar-refractivity contribution in [1.29, 1.82) is 0 Å². The number of nitrogens with one attached hydrogen (secondary N) is 1. The Balaban J connectivity index is 2.21. The lowest BCUT2D eigenvalue weighted by Gasteiger charge is -2.34. The molecule has 1 aliphatic carbocycles. The van der Waals surface area contributed by atoms with Crippen molar-refractivity contribution in [2.24, 2.45) is 0 Å². The predicted octanol–water partition coefficient (Wildman–Crippen LogP) is 3.22. The quantitative estimate of drug-likeness (QED) is 0.875. The third-order valence-corrected chi connectivity index (χ3v) is 4.15. The molecule has 0 aromatic heterocycles. The van der Waals surface area contributed by atoms with Gasteiger partial charge in [-0.05, 0) is 32.3 Å². The van der Waals surface area contributed by atoms with Gasteiger partial charge in [-0.2, -0.15) is 0 Å². The summed E-state index contributed by atoms with van der Waals surface area (Å²) in [7, 11) is 0. The third-order valence-electron chi connectivity index (χ3n) is 4.15. The lowest BCUT2D eigenvalue weighted by Crippen LogP contribution is -2.51. The van der Waals surface area contributed by atoms with Gasteiger partial charge in [0.2, 0.25) is 0 Å². The second kappa shape index (κ2) is 5.74. The molecule has 1 aromatic carbocycles. The van der Waals surface area contributed by atoms with Crippen LogP contribution in [-0.4, -0.2) is 17.1 Å². The number of carbonyl (C=O) groups is 1. The van der Waals surface area contributed by atoms with Gasteiger partial charge in [-0.1, -0.05) is 49.1 Å². The summed E-state index contributed by atoms with van der Waals surface area (Å²) in [5, 5.41) is 13.0. The molecule has 0 bridgehead atoms. The van der Waals surface area contributed by atoms with Crippen molar-refractivity contribution >= 4 is 5.97 Å². The Labute approximate surface area is 115 Å². The minimum Gasteiger partial charge on any atom is -0.480 e. The minimum atomic E-state index is -0.990. The fourth-order valence-electron chi connectivity index (χ4n) is 2.81. The predicted molar refractivity (Wildman–Crippen MR) is 76.2 cm³/mol. The van der Waals surface area contributed by atoms with Crippen LogP contribution in [0.4, 0.5) is 0 Å². The van der Waals surface area contributed by atoms with Crippen LogP contribution in [0.3, 0.4) is 0 Å². The van der Waals surface area contributed by atoms with E-state index in [0.717, 1.165) is 24.0 Å². The summed E-state index contributed by atoms with van der Waals surface area (Å²) < 4.78 is 0. The van der Waals surface area contributed by atoms with Crippen molar-refractivity contribution in [3.8, 4) is 0 Å². The Hall–Kier alpha value is -1.35. The first-order valence-electron chi connectivity index (χ1n) is 7.10. The lowest BCUT2D eigenvalue weighted by molar-refractivity contribution is -0.145. The van der Waals surface area contributed by atoms with Gasteiger partial charge in [0.15, 0.2) is 0 Å². The highest BCUT2D eigenvalue weighted by Gasteiger charge is 2.37. The fourth-order valence-corrected chi connectivity index (χ4v) is 2.81. The van der Waals surface area contributed by atoms with E-state index in [-0.39, 0.29) is 0 Å². The highest BCUT2D eigenvalue weighted by Crippen LogP contribution is 2.26. The molecule has 1 aliphatic rings. The van der Waals surface area contributed by atoms with Crippen molar-refractivity contribution in [2.75, 3.05) is 0 Å². The first-order valence-corrected chi connectivity index (χ1v) is 7.10. The zero-order valence-corrected chi connectivity index (χ0v) is 11.8. The Bertz CT molecular complexity index is 435. The smallest absolute Gasteiger partial charge is 0.328 e. The molecule has 1 fully saturated rings. The van der Waals surface area contributed by atoms with Crippen LogP contribution >= 0.6 is 0 Å². The van der Waals surface area contributed by atoms with E-state index in [4.69, 9.17) is 0 Å². The SMILES string of the molecule is Cc1ccc(C(C)(NC2CCCCC2)C(=O)O)cc1. The van der Waals surface area contributed by atoms with E-state index < -0.39 is 11.5 Å². The van der Waals surface area contributed by atoms with Crippen LogP contribution in [0, 0.1) is 6.92 Å². The van der Waals surface area contributed by atoms with Crippen LogP contribution < -0.4 is 5.32 Å². The Morgan fingerprint density at radius 3 is 2.32 bits per heavy atom. The number of carboxylic acids is 1. The monoisotopic (exact) mass is 261 g/mol. The van der Waals surface area contributed by atoms with Crippen LogP contribution in [0.1, 0.15) is 50.2 Å². The van der Waals surface area contributed by atoms with E-state index in [1.807, 2.05) is 31.2 Å². The Morgan fingerprint density at radius 1 is 1.21 bits per heavy atom. The fraction of sp³-hybridized carbons (Fsp3) is 0.562. The second-order valence-corrected chi connectivity index (χ2v) is 5.78. The molecule has 1 saturated carbocycles. The molecule has 0 spiro atoms. The molecule has 3 heteroatoms. The molecule has 1 unspecified atom stereocenters. The first kappa shape index (κ1) is 14.1. The molecule has 0 saturated heterocycles. The number of aryl methyl sites for hydroxylation is 1. The number of aliphatic carboxylic acids is 1. The maximum Gasteiger partial charge on any atom is 0.328 e. The molecule has 19 heavy (non-hydrogen) atoms. The molecule has 0 aliphatic heterocycles. The summed E-state index contributed by atoms with van der Waals surface area (Å²) in [6.07, 6.45) is 5.82. The second-order valence-electron chi connectivity index (χ2n) is 5.78. The summed E-state index contributed by atoms with van der Waals surface area (Å²) >= 11 is 0. The number of hydrogen-bond acceptors (Lipinski definition) is 2. The van der Waals surface area contributed by atoms with Crippen molar-refractivity contribution < 1.29 is 9.90 Å². The minimum absolute atomic E-state index is 0.316. The topological polar surface area (TPSA) is 49.3 Å². The van der Waals surface area contributed by atoms with Gasteiger partial charge in [-0.15, -0.1) is 0 Å². The van der Waals surface area contributed by atoms with Crippen molar-refractivity contribution in [1.82, 2.24) is 5.32 Å². The number of rotatable bonds is 4. The van der Waals surface area contributed by atoms with Crippen molar-refractivity contribution in [2.45, 2.75) is 57.5 Å².